The molecule has 0 unspecified atom stereocenters. The molecule has 0 saturated heterocycles. The summed E-state index contributed by atoms with van der Waals surface area (Å²) < 4.78 is 0. The zero-order valence-corrected chi connectivity index (χ0v) is 12.5. The maximum absolute atomic E-state index is 3.72. The molecule has 2 N–H and O–H groups in total. The van der Waals surface area contributed by atoms with Crippen molar-refractivity contribution in [2.75, 3.05) is 11.9 Å². The molecule has 2 rings (SSSR count). The largest absolute Gasteiger partial charge is 0.381 e. The van der Waals surface area contributed by atoms with Crippen molar-refractivity contribution < 1.29 is 0 Å². The van der Waals surface area contributed by atoms with Gasteiger partial charge in [0.15, 0.2) is 0 Å². The molecule has 0 amide bonds. The van der Waals surface area contributed by atoms with Gasteiger partial charge in [-0.3, -0.25) is 0 Å². The van der Waals surface area contributed by atoms with Crippen LogP contribution < -0.4 is 10.6 Å². The highest BCUT2D eigenvalue weighted by molar-refractivity contribution is 5.43. The van der Waals surface area contributed by atoms with Gasteiger partial charge in [-0.15, -0.1) is 0 Å². The minimum absolute atomic E-state index is 0.491. The Morgan fingerprint density at radius 1 is 1.11 bits per heavy atom. The summed E-state index contributed by atoms with van der Waals surface area (Å²) in [6.45, 7) is 7.96. The first-order valence-corrected chi connectivity index (χ1v) is 7.72. The third kappa shape index (κ3) is 4.24. The monoisotopic (exact) mass is 260 g/mol. The molecule has 0 spiro atoms. The highest BCUT2D eigenvalue weighted by Gasteiger charge is 2.24. The molecule has 1 saturated carbocycles. The zero-order valence-electron chi connectivity index (χ0n) is 12.5. The van der Waals surface area contributed by atoms with E-state index in [1.807, 2.05) is 0 Å². The number of hydrogen-bond donors (Lipinski definition) is 2. The molecule has 106 valence electrons. The van der Waals surface area contributed by atoms with Crippen LogP contribution in [0.4, 0.5) is 5.69 Å². The van der Waals surface area contributed by atoms with Gasteiger partial charge in [0.2, 0.25) is 0 Å². The fourth-order valence-electron chi connectivity index (χ4n) is 2.62. The molecule has 0 aromatic heterocycles. The highest BCUT2D eigenvalue weighted by atomic mass is 15.0. The summed E-state index contributed by atoms with van der Waals surface area (Å²) in [6.07, 6.45) is 4.24. The average Bonchev–Trinajstić information content (AvgIpc) is 2.33. The van der Waals surface area contributed by atoms with Crippen molar-refractivity contribution in [3.63, 3.8) is 0 Å². The van der Waals surface area contributed by atoms with Crippen molar-refractivity contribution >= 4 is 5.69 Å². The Morgan fingerprint density at radius 2 is 1.79 bits per heavy atom. The van der Waals surface area contributed by atoms with Crippen LogP contribution in [0.25, 0.3) is 0 Å². The van der Waals surface area contributed by atoms with E-state index in [2.05, 4.69) is 61.7 Å². The van der Waals surface area contributed by atoms with E-state index >= 15 is 0 Å². The number of anilines is 1. The lowest BCUT2D eigenvalue weighted by atomic mass is 9.80. The van der Waals surface area contributed by atoms with Gasteiger partial charge in [-0.2, -0.15) is 0 Å². The lowest BCUT2D eigenvalue weighted by molar-refractivity contribution is 0.237. The molecule has 1 aromatic rings. The summed E-state index contributed by atoms with van der Waals surface area (Å²) in [4.78, 5) is 0. The molecule has 1 fully saturated rings. The second kappa shape index (κ2) is 6.95. The van der Waals surface area contributed by atoms with Crippen LogP contribution in [0.1, 0.15) is 40.0 Å². The molecule has 0 aliphatic heterocycles. The zero-order chi connectivity index (χ0) is 13.7. The van der Waals surface area contributed by atoms with Crippen LogP contribution in [0.15, 0.2) is 30.3 Å². The minimum atomic E-state index is 0.491. The first kappa shape index (κ1) is 14.4. The molecule has 0 bridgehead atoms. The van der Waals surface area contributed by atoms with Crippen molar-refractivity contribution in [3.8, 4) is 0 Å². The standard InChI is InChI=1S/C17H28N2/c1-13(2)17(19-16-10-5-4-6-11-16)12-18-14(3)15-8-7-9-15/h4-6,10-11,13-15,17-19H,7-9,12H2,1-3H3/t14-,17+/m1/s1. The van der Waals surface area contributed by atoms with E-state index in [4.69, 9.17) is 0 Å². The van der Waals surface area contributed by atoms with Crippen molar-refractivity contribution in [1.29, 1.82) is 0 Å². The number of rotatable bonds is 7. The van der Waals surface area contributed by atoms with Crippen LogP contribution >= 0.6 is 0 Å². The van der Waals surface area contributed by atoms with Gasteiger partial charge in [0.05, 0.1) is 0 Å². The summed E-state index contributed by atoms with van der Waals surface area (Å²) in [7, 11) is 0. The summed E-state index contributed by atoms with van der Waals surface area (Å²) in [5, 5.41) is 7.37. The Hall–Kier alpha value is -1.02. The summed E-state index contributed by atoms with van der Waals surface area (Å²) in [6, 6.07) is 11.7. The summed E-state index contributed by atoms with van der Waals surface area (Å²) in [5.41, 5.74) is 1.22. The van der Waals surface area contributed by atoms with E-state index in [9.17, 15) is 0 Å². The Balaban J connectivity index is 1.82. The molecule has 1 aliphatic carbocycles. The quantitative estimate of drug-likeness (QED) is 0.777. The first-order chi connectivity index (χ1) is 9.16. The van der Waals surface area contributed by atoms with Crippen LogP contribution in [0.5, 0.6) is 0 Å². The molecule has 1 aromatic carbocycles. The van der Waals surface area contributed by atoms with E-state index < -0.39 is 0 Å². The van der Waals surface area contributed by atoms with E-state index in [0.717, 1.165) is 12.5 Å². The topological polar surface area (TPSA) is 24.1 Å². The maximum atomic E-state index is 3.72. The van der Waals surface area contributed by atoms with Crippen LogP contribution in [0.3, 0.4) is 0 Å². The number of benzene rings is 1. The molecular weight excluding hydrogens is 232 g/mol. The third-order valence-electron chi connectivity index (χ3n) is 4.45. The Bertz CT molecular complexity index is 357. The normalized spacial score (nSPS) is 18.9. The van der Waals surface area contributed by atoms with Crippen LogP contribution in [0, 0.1) is 11.8 Å². The highest BCUT2D eigenvalue weighted by Crippen LogP contribution is 2.29. The summed E-state index contributed by atoms with van der Waals surface area (Å²) in [5.74, 6) is 1.53. The van der Waals surface area contributed by atoms with Gasteiger partial charge in [0, 0.05) is 24.3 Å². The van der Waals surface area contributed by atoms with Gasteiger partial charge in [-0.25, -0.2) is 0 Å². The first-order valence-electron chi connectivity index (χ1n) is 7.72. The van der Waals surface area contributed by atoms with Crippen molar-refractivity contribution in [2.45, 2.75) is 52.1 Å². The molecular formula is C17H28N2. The fourth-order valence-corrected chi connectivity index (χ4v) is 2.62. The molecule has 2 nitrogen and oxygen atoms in total. The van der Waals surface area contributed by atoms with E-state index in [1.54, 1.807) is 0 Å². The van der Waals surface area contributed by atoms with E-state index in [1.165, 1.54) is 24.9 Å². The predicted molar refractivity (Wildman–Crippen MR) is 83.5 cm³/mol. The Kier molecular flexibility index (Phi) is 5.26. The van der Waals surface area contributed by atoms with Gasteiger partial charge >= 0.3 is 0 Å². The molecule has 1 aliphatic rings. The molecule has 0 heterocycles. The van der Waals surface area contributed by atoms with E-state index in [-0.39, 0.29) is 0 Å². The van der Waals surface area contributed by atoms with Crippen molar-refractivity contribution in [3.05, 3.63) is 30.3 Å². The van der Waals surface area contributed by atoms with Crippen LogP contribution in [-0.4, -0.2) is 18.6 Å². The lowest BCUT2D eigenvalue weighted by Gasteiger charge is -2.34. The van der Waals surface area contributed by atoms with Gasteiger partial charge in [-0.05, 0) is 43.7 Å². The smallest absolute Gasteiger partial charge is 0.0408 e. The van der Waals surface area contributed by atoms with Crippen LogP contribution in [-0.2, 0) is 0 Å². The number of hydrogen-bond acceptors (Lipinski definition) is 2. The Morgan fingerprint density at radius 3 is 2.32 bits per heavy atom. The lowest BCUT2D eigenvalue weighted by Crippen LogP contribution is -2.44. The van der Waals surface area contributed by atoms with Gasteiger partial charge in [0.1, 0.15) is 0 Å². The second-order valence-corrected chi connectivity index (χ2v) is 6.25. The third-order valence-corrected chi connectivity index (χ3v) is 4.45. The average molecular weight is 260 g/mol. The maximum Gasteiger partial charge on any atom is 0.0408 e. The minimum Gasteiger partial charge on any atom is -0.381 e. The second-order valence-electron chi connectivity index (χ2n) is 6.25. The molecule has 0 radical (unpaired) electrons. The fraction of sp³-hybridized carbons (Fsp3) is 0.647. The SMILES string of the molecule is CC(C)[C@H](CN[C@H](C)C1CCC1)Nc1ccccc1. The van der Waals surface area contributed by atoms with Gasteiger partial charge < -0.3 is 10.6 Å². The number of para-hydroxylation sites is 1. The van der Waals surface area contributed by atoms with Gasteiger partial charge in [-0.1, -0.05) is 38.5 Å². The molecule has 19 heavy (non-hydrogen) atoms. The van der Waals surface area contributed by atoms with Crippen molar-refractivity contribution in [1.82, 2.24) is 5.32 Å². The van der Waals surface area contributed by atoms with Gasteiger partial charge in [0.25, 0.3) is 0 Å². The molecule has 2 atom stereocenters. The van der Waals surface area contributed by atoms with E-state index in [0.29, 0.717) is 18.0 Å². The van der Waals surface area contributed by atoms with Crippen LogP contribution in [0.2, 0.25) is 0 Å². The van der Waals surface area contributed by atoms with Crippen molar-refractivity contribution in [2.24, 2.45) is 11.8 Å². The summed E-state index contributed by atoms with van der Waals surface area (Å²) >= 11 is 0. The molecule has 2 heteroatoms. The Labute approximate surface area is 118 Å². The number of nitrogens with one attached hydrogen (secondary N) is 2. The predicted octanol–water partition coefficient (Wildman–Crippen LogP) is 3.90.